The van der Waals surface area contributed by atoms with Gasteiger partial charge in [0.25, 0.3) is 5.56 Å². The van der Waals surface area contributed by atoms with Gasteiger partial charge in [0, 0.05) is 18.2 Å². The minimum atomic E-state index is -0.688. The maximum atomic E-state index is 14.1. The van der Waals surface area contributed by atoms with Crippen molar-refractivity contribution >= 4 is 23.5 Å². The van der Waals surface area contributed by atoms with Gasteiger partial charge in [0.05, 0.1) is 11.5 Å². The maximum absolute atomic E-state index is 14.1. The average Bonchev–Trinajstić information content (AvgIpc) is 2.77. The van der Waals surface area contributed by atoms with Gasteiger partial charge in [0.1, 0.15) is 5.82 Å². The fourth-order valence-corrected chi connectivity index (χ4v) is 4.06. The second kappa shape index (κ2) is 11.6. The van der Waals surface area contributed by atoms with Crippen molar-refractivity contribution in [1.29, 1.82) is 5.41 Å². The Morgan fingerprint density at radius 2 is 2.03 bits per heavy atom. The second-order valence-electron chi connectivity index (χ2n) is 8.48. The predicted octanol–water partition coefficient (Wildman–Crippen LogP) is 3.54. The Labute approximate surface area is 192 Å². The van der Waals surface area contributed by atoms with Crippen molar-refractivity contribution in [3.8, 4) is 0 Å². The second-order valence-corrected chi connectivity index (χ2v) is 8.48. The summed E-state index contributed by atoms with van der Waals surface area (Å²) in [7, 11) is 0. The highest BCUT2D eigenvalue weighted by molar-refractivity contribution is 5.98. The van der Waals surface area contributed by atoms with E-state index in [1.165, 1.54) is 12.3 Å². The molecule has 33 heavy (non-hydrogen) atoms. The third-order valence-electron chi connectivity index (χ3n) is 5.95. The molecule has 0 aliphatic carbocycles. The summed E-state index contributed by atoms with van der Waals surface area (Å²) in [5, 5.41) is 12.1. The molecule has 0 saturated carbocycles. The molecule has 0 radical (unpaired) electrons. The molecule has 1 aromatic heterocycles. The van der Waals surface area contributed by atoms with Gasteiger partial charge < -0.3 is 16.0 Å². The molecule has 9 nitrogen and oxygen atoms in total. The molecule has 2 aromatic rings. The van der Waals surface area contributed by atoms with Crippen LogP contribution in [0.15, 0.2) is 29.2 Å². The fraction of sp³-hybridized carbons (Fsp3) is 0.478. The number of urea groups is 1. The van der Waals surface area contributed by atoms with Crippen LogP contribution in [0.1, 0.15) is 55.6 Å². The lowest BCUT2D eigenvalue weighted by molar-refractivity contribution is 0.208. The Balaban J connectivity index is 1.48. The van der Waals surface area contributed by atoms with Crippen LogP contribution in [0, 0.1) is 18.2 Å². The molecule has 6 N–H and O–H groups in total. The number of carbonyl (C=O) groups is 1. The van der Waals surface area contributed by atoms with Gasteiger partial charge >= 0.3 is 6.03 Å². The van der Waals surface area contributed by atoms with Crippen molar-refractivity contribution in [3.05, 3.63) is 51.7 Å². The van der Waals surface area contributed by atoms with Crippen molar-refractivity contribution in [2.45, 2.75) is 51.4 Å². The largest absolute Gasteiger partial charge is 0.388 e. The zero-order chi connectivity index (χ0) is 23.8. The monoisotopic (exact) mass is 457 g/mol. The molecule has 1 fully saturated rings. The van der Waals surface area contributed by atoms with Crippen LogP contribution in [0.2, 0.25) is 0 Å². The normalized spacial score (nSPS) is 14.7. The summed E-state index contributed by atoms with van der Waals surface area (Å²) in [5.74, 6) is -0.125. The van der Waals surface area contributed by atoms with Crippen LogP contribution in [0.25, 0.3) is 0 Å². The molecule has 0 atom stereocenters. The molecule has 1 aromatic carbocycles. The fourth-order valence-electron chi connectivity index (χ4n) is 4.06. The van der Waals surface area contributed by atoms with Gasteiger partial charge in [-0.25, -0.2) is 14.2 Å². The number of benzene rings is 1. The number of likely N-dealkylation sites (tertiary alicyclic amines) is 1. The number of amides is 2. The Bertz CT molecular complexity index is 1030. The Morgan fingerprint density at radius 3 is 2.73 bits per heavy atom. The number of nitrogens with one attached hydrogen (secondary N) is 4. The number of aromatic amines is 1. The highest BCUT2D eigenvalue weighted by Crippen LogP contribution is 2.26. The topological polar surface area (TPSA) is 140 Å². The number of H-pyrrole nitrogens is 1. The van der Waals surface area contributed by atoms with Crippen LogP contribution in [0.5, 0.6) is 0 Å². The number of carbonyl (C=O) groups excluding carboxylic acids is 1. The van der Waals surface area contributed by atoms with Gasteiger partial charge in [-0.3, -0.25) is 20.5 Å². The van der Waals surface area contributed by atoms with Gasteiger partial charge in [-0.15, -0.1) is 0 Å². The highest BCUT2D eigenvalue weighted by atomic mass is 19.1. The molecule has 0 unspecified atom stereocenters. The molecule has 178 valence electrons. The SMILES string of the molecule is Cc1cccc(NC(=O)Nc2ncc(C3CCN(CCCCCC(=N)N)CC3)c(=O)[nH]2)c1F. The Kier molecular flexibility index (Phi) is 8.53. The highest BCUT2D eigenvalue weighted by Gasteiger charge is 2.23. The lowest BCUT2D eigenvalue weighted by Gasteiger charge is -2.31. The van der Waals surface area contributed by atoms with Crippen molar-refractivity contribution in [1.82, 2.24) is 14.9 Å². The number of anilines is 2. The van der Waals surface area contributed by atoms with Crippen LogP contribution >= 0.6 is 0 Å². The number of halogens is 1. The quantitative estimate of drug-likeness (QED) is 0.223. The van der Waals surface area contributed by atoms with Gasteiger partial charge in [-0.2, -0.15) is 0 Å². The maximum Gasteiger partial charge on any atom is 0.326 e. The molecular formula is C23H32FN7O2. The Morgan fingerprint density at radius 1 is 1.27 bits per heavy atom. The number of unbranched alkanes of at least 4 members (excludes halogenated alkanes) is 2. The average molecular weight is 458 g/mol. The van der Waals surface area contributed by atoms with Crippen molar-refractivity contribution in [3.63, 3.8) is 0 Å². The lowest BCUT2D eigenvalue weighted by atomic mass is 9.91. The van der Waals surface area contributed by atoms with E-state index < -0.39 is 11.8 Å². The van der Waals surface area contributed by atoms with Crippen LogP contribution in [0.4, 0.5) is 20.8 Å². The zero-order valence-electron chi connectivity index (χ0n) is 18.9. The molecule has 3 rings (SSSR count). The number of nitrogens with two attached hydrogens (primary N) is 1. The van der Waals surface area contributed by atoms with E-state index in [0.29, 0.717) is 17.5 Å². The summed E-state index contributed by atoms with van der Waals surface area (Å²) in [6.45, 7) is 4.46. The van der Waals surface area contributed by atoms with Crippen molar-refractivity contribution in [2.75, 3.05) is 30.3 Å². The summed E-state index contributed by atoms with van der Waals surface area (Å²) in [6, 6.07) is 4.02. The van der Waals surface area contributed by atoms with E-state index in [0.717, 1.165) is 51.7 Å². The number of amidine groups is 1. The number of hydrogen-bond acceptors (Lipinski definition) is 5. The summed E-state index contributed by atoms with van der Waals surface area (Å²) in [5.41, 5.74) is 6.19. The molecule has 0 bridgehead atoms. The molecule has 2 amide bonds. The van der Waals surface area contributed by atoms with E-state index >= 15 is 0 Å². The summed E-state index contributed by atoms with van der Waals surface area (Å²) in [4.78, 5) is 33.9. The van der Waals surface area contributed by atoms with Gasteiger partial charge in [0.2, 0.25) is 5.95 Å². The zero-order valence-corrected chi connectivity index (χ0v) is 18.9. The number of piperidine rings is 1. The lowest BCUT2D eigenvalue weighted by Crippen LogP contribution is -2.35. The third-order valence-corrected chi connectivity index (χ3v) is 5.95. The first-order valence-corrected chi connectivity index (χ1v) is 11.3. The van der Waals surface area contributed by atoms with E-state index in [-0.39, 0.29) is 28.9 Å². The van der Waals surface area contributed by atoms with Crippen LogP contribution in [-0.2, 0) is 0 Å². The molecule has 1 aliphatic heterocycles. The summed E-state index contributed by atoms with van der Waals surface area (Å²) >= 11 is 0. The minimum Gasteiger partial charge on any atom is -0.388 e. The number of rotatable bonds is 9. The third kappa shape index (κ3) is 7.11. The van der Waals surface area contributed by atoms with Crippen molar-refractivity contribution < 1.29 is 9.18 Å². The number of nitrogens with zero attached hydrogens (tertiary/aromatic N) is 2. The smallest absolute Gasteiger partial charge is 0.326 e. The first-order chi connectivity index (χ1) is 15.8. The molecule has 2 heterocycles. The first kappa shape index (κ1) is 24.4. The van der Waals surface area contributed by atoms with Crippen LogP contribution < -0.4 is 21.9 Å². The molecule has 0 spiro atoms. The van der Waals surface area contributed by atoms with Gasteiger partial charge in [-0.1, -0.05) is 18.6 Å². The van der Waals surface area contributed by atoms with Crippen LogP contribution in [-0.4, -0.2) is 46.4 Å². The molecule has 10 heteroatoms. The number of aryl methyl sites for hydroxylation is 1. The van der Waals surface area contributed by atoms with E-state index in [4.69, 9.17) is 11.1 Å². The molecule has 1 saturated heterocycles. The van der Waals surface area contributed by atoms with E-state index in [9.17, 15) is 14.0 Å². The molecule has 1 aliphatic rings. The van der Waals surface area contributed by atoms with E-state index in [2.05, 4.69) is 25.5 Å². The minimum absolute atomic E-state index is 0.0114. The summed E-state index contributed by atoms with van der Waals surface area (Å²) in [6.07, 6.45) is 7.01. The first-order valence-electron chi connectivity index (χ1n) is 11.3. The predicted molar refractivity (Wildman–Crippen MR) is 127 cm³/mol. The standard InChI is InChI=1S/C23H32FN7O2/c1-15-6-5-7-18(20(15)24)28-23(33)30-22-27-14-17(21(32)29-22)16-9-12-31(13-10-16)11-4-2-3-8-19(25)26/h5-7,14,16H,2-4,8-13H2,1H3,(H3,25,26)(H3,27,28,29,30,32,33). The van der Waals surface area contributed by atoms with Gasteiger partial charge in [0.15, 0.2) is 0 Å². The number of hydrogen-bond donors (Lipinski definition) is 5. The van der Waals surface area contributed by atoms with Crippen molar-refractivity contribution in [2.24, 2.45) is 5.73 Å². The number of aromatic nitrogens is 2. The van der Waals surface area contributed by atoms with Gasteiger partial charge in [-0.05, 0) is 69.8 Å². The van der Waals surface area contributed by atoms with E-state index in [1.54, 1.807) is 19.1 Å². The molecular weight excluding hydrogens is 425 g/mol. The van der Waals surface area contributed by atoms with Crippen LogP contribution in [0.3, 0.4) is 0 Å². The Hall–Kier alpha value is -3.27. The summed E-state index contributed by atoms with van der Waals surface area (Å²) < 4.78 is 14.1. The van der Waals surface area contributed by atoms with E-state index in [1.807, 2.05) is 0 Å².